The zero-order chi connectivity index (χ0) is 21.1. The molecule has 2 N–H and O–H groups in total. The number of hydrogen-bond donors (Lipinski definition) is 2. The molecule has 0 unspecified atom stereocenters. The molecule has 1 aromatic heterocycles. The van der Waals surface area contributed by atoms with Crippen LogP contribution in [0.25, 0.3) is 10.9 Å². The highest BCUT2D eigenvalue weighted by Gasteiger charge is 2.20. The summed E-state index contributed by atoms with van der Waals surface area (Å²) < 4.78 is 0. The van der Waals surface area contributed by atoms with Gasteiger partial charge < -0.3 is 9.88 Å². The Morgan fingerprint density at radius 1 is 1.00 bits per heavy atom. The number of piperazine rings is 1. The van der Waals surface area contributed by atoms with Crippen LogP contribution in [-0.4, -0.2) is 53.5 Å². The molecule has 0 bridgehead atoms. The van der Waals surface area contributed by atoms with Crippen LogP contribution in [0.15, 0.2) is 54.7 Å². The molecule has 0 saturated carbocycles. The summed E-state index contributed by atoms with van der Waals surface area (Å²) in [5, 5.41) is 3.36. The number of aromatic nitrogens is 1. The summed E-state index contributed by atoms with van der Waals surface area (Å²) in [4.78, 5) is 18.4. The van der Waals surface area contributed by atoms with Crippen molar-refractivity contribution in [2.75, 3.05) is 32.7 Å². The number of rotatable bonds is 5. The Hall–Kier alpha value is -2.63. The summed E-state index contributed by atoms with van der Waals surface area (Å²) in [7, 11) is 0. The molecule has 1 aliphatic rings. The van der Waals surface area contributed by atoms with E-state index >= 15 is 0 Å². The molecule has 0 radical (unpaired) electrons. The number of carbonyl (C=O) groups excluding carboxylic acids is 1. The topological polar surface area (TPSA) is 51.4 Å². The molecular weight excluding hydrogens is 372 g/mol. The van der Waals surface area contributed by atoms with Crippen molar-refractivity contribution in [3.63, 3.8) is 0 Å². The summed E-state index contributed by atoms with van der Waals surface area (Å²) in [5.41, 5.74) is 7.70. The van der Waals surface area contributed by atoms with Gasteiger partial charge in [0.2, 0.25) is 0 Å². The molecule has 2 aromatic carbocycles. The van der Waals surface area contributed by atoms with Gasteiger partial charge in [0, 0.05) is 55.4 Å². The molecule has 0 aliphatic carbocycles. The summed E-state index contributed by atoms with van der Waals surface area (Å²) in [6.45, 7) is 11.2. The van der Waals surface area contributed by atoms with Gasteiger partial charge in [0.05, 0.1) is 0 Å². The number of amides is 1. The van der Waals surface area contributed by atoms with Crippen LogP contribution in [0.2, 0.25) is 0 Å². The molecule has 1 saturated heterocycles. The highest BCUT2D eigenvalue weighted by atomic mass is 16.2. The molecule has 0 atom stereocenters. The summed E-state index contributed by atoms with van der Waals surface area (Å²) in [6, 6.07) is 16.4. The van der Waals surface area contributed by atoms with Gasteiger partial charge in [-0.2, -0.15) is 0 Å². The lowest BCUT2D eigenvalue weighted by molar-refractivity contribution is 0.0622. The van der Waals surface area contributed by atoms with Crippen molar-refractivity contribution in [3.8, 4) is 0 Å². The van der Waals surface area contributed by atoms with Gasteiger partial charge in [-0.3, -0.25) is 10.2 Å². The van der Waals surface area contributed by atoms with Crippen molar-refractivity contribution < 1.29 is 4.79 Å². The average Bonchev–Trinajstić information content (AvgIpc) is 3.16. The van der Waals surface area contributed by atoms with Gasteiger partial charge in [0.1, 0.15) is 0 Å². The lowest BCUT2D eigenvalue weighted by Crippen LogP contribution is -2.53. The largest absolute Gasteiger partial charge is 0.361 e. The molecule has 2 heterocycles. The van der Waals surface area contributed by atoms with Gasteiger partial charge in [0.25, 0.3) is 5.91 Å². The van der Waals surface area contributed by atoms with Crippen LogP contribution < -0.4 is 5.43 Å². The zero-order valence-electron chi connectivity index (χ0n) is 18.2. The van der Waals surface area contributed by atoms with Gasteiger partial charge in [-0.05, 0) is 41.2 Å². The van der Waals surface area contributed by atoms with Crippen LogP contribution >= 0.6 is 0 Å². The second-order valence-corrected chi connectivity index (χ2v) is 9.21. The Morgan fingerprint density at radius 2 is 1.70 bits per heavy atom. The predicted molar refractivity (Wildman–Crippen MR) is 123 cm³/mol. The van der Waals surface area contributed by atoms with Crippen molar-refractivity contribution in [1.82, 2.24) is 20.3 Å². The minimum atomic E-state index is -0.0253. The van der Waals surface area contributed by atoms with Crippen molar-refractivity contribution in [2.24, 2.45) is 0 Å². The lowest BCUT2D eigenvalue weighted by Gasteiger charge is -2.34. The maximum atomic E-state index is 12.6. The SMILES string of the molecule is CC(C)(C)c1ccc(C(=O)NN2CCN(CCc3c[nH]c4ccccc34)CC2)cc1. The number of nitrogens with zero attached hydrogens (tertiary/aromatic N) is 2. The van der Waals surface area contributed by atoms with E-state index in [4.69, 9.17) is 0 Å². The third kappa shape index (κ3) is 4.74. The third-order valence-electron chi connectivity index (χ3n) is 6.02. The number of benzene rings is 2. The summed E-state index contributed by atoms with van der Waals surface area (Å²) in [5.74, 6) is -0.0253. The van der Waals surface area contributed by atoms with Crippen molar-refractivity contribution in [1.29, 1.82) is 0 Å². The van der Waals surface area contributed by atoms with Gasteiger partial charge in [-0.15, -0.1) is 0 Å². The average molecular weight is 405 g/mol. The predicted octanol–water partition coefficient (Wildman–Crippen LogP) is 3.97. The highest BCUT2D eigenvalue weighted by Crippen LogP contribution is 2.22. The molecule has 5 heteroatoms. The number of nitrogens with one attached hydrogen (secondary N) is 2. The number of hydrazine groups is 1. The number of hydrogen-bond acceptors (Lipinski definition) is 3. The third-order valence-corrected chi connectivity index (χ3v) is 6.02. The molecule has 158 valence electrons. The van der Waals surface area contributed by atoms with Crippen LogP contribution in [0.5, 0.6) is 0 Å². The Bertz CT molecular complexity index is 992. The van der Waals surface area contributed by atoms with E-state index in [0.717, 1.165) is 39.1 Å². The van der Waals surface area contributed by atoms with E-state index in [-0.39, 0.29) is 11.3 Å². The second-order valence-electron chi connectivity index (χ2n) is 9.21. The first-order chi connectivity index (χ1) is 14.4. The Kier molecular flexibility index (Phi) is 5.93. The molecular formula is C25H32N4O. The molecule has 1 fully saturated rings. The molecule has 5 nitrogen and oxygen atoms in total. The minimum Gasteiger partial charge on any atom is -0.361 e. The molecule has 0 spiro atoms. The second kappa shape index (κ2) is 8.62. The first kappa shape index (κ1) is 20.6. The normalized spacial score (nSPS) is 16.1. The van der Waals surface area contributed by atoms with Crippen LogP contribution in [0, 0.1) is 0 Å². The molecule has 3 aromatic rings. The van der Waals surface area contributed by atoms with Gasteiger partial charge in [0.15, 0.2) is 0 Å². The van der Waals surface area contributed by atoms with E-state index < -0.39 is 0 Å². The number of carbonyl (C=O) groups is 1. The highest BCUT2D eigenvalue weighted by molar-refractivity contribution is 5.93. The monoisotopic (exact) mass is 404 g/mol. The molecule has 1 amide bonds. The fourth-order valence-corrected chi connectivity index (χ4v) is 4.03. The smallest absolute Gasteiger partial charge is 0.265 e. The maximum absolute atomic E-state index is 12.6. The fourth-order valence-electron chi connectivity index (χ4n) is 4.03. The van der Waals surface area contributed by atoms with Crippen molar-refractivity contribution >= 4 is 16.8 Å². The number of fused-ring (bicyclic) bond motifs is 1. The van der Waals surface area contributed by atoms with Crippen LogP contribution in [0.3, 0.4) is 0 Å². The maximum Gasteiger partial charge on any atom is 0.265 e. The standard InChI is InChI=1S/C25H32N4O/c1-25(2,3)21-10-8-19(9-11-21)24(30)27-29-16-14-28(15-17-29)13-12-20-18-26-23-7-5-4-6-22(20)23/h4-11,18,26H,12-17H2,1-3H3,(H,27,30). The Morgan fingerprint density at radius 3 is 2.40 bits per heavy atom. The van der Waals surface area contributed by atoms with Crippen LogP contribution in [-0.2, 0) is 11.8 Å². The zero-order valence-corrected chi connectivity index (χ0v) is 18.2. The van der Waals surface area contributed by atoms with E-state index in [9.17, 15) is 4.79 Å². The van der Waals surface area contributed by atoms with E-state index in [1.165, 1.54) is 22.0 Å². The first-order valence-corrected chi connectivity index (χ1v) is 10.8. The van der Waals surface area contributed by atoms with Crippen LogP contribution in [0.4, 0.5) is 0 Å². The lowest BCUT2D eigenvalue weighted by atomic mass is 9.87. The Balaban J connectivity index is 1.25. The summed E-state index contributed by atoms with van der Waals surface area (Å²) in [6.07, 6.45) is 3.17. The number of H-pyrrole nitrogens is 1. The van der Waals surface area contributed by atoms with Crippen molar-refractivity contribution in [2.45, 2.75) is 32.6 Å². The molecule has 30 heavy (non-hydrogen) atoms. The fraction of sp³-hybridized carbons (Fsp3) is 0.400. The first-order valence-electron chi connectivity index (χ1n) is 10.8. The van der Waals surface area contributed by atoms with E-state index in [1.54, 1.807) is 0 Å². The quantitative estimate of drug-likeness (QED) is 0.677. The number of para-hydroxylation sites is 1. The van der Waals surface area contributed by atoms with Gasteiger partial charge >= 0.3 is 0 Å². The summed E-state index contributed by atoms with van der Waals surface area (Å²) >= 11 is 0. The molecule has 1 aliphatic heterocycles. The number of aromatic amines is 1. The van der Waals surface area contributed by atoms with Gasteiger partial charge in [-0.25, -0.2) is 5.01 Å². The van der Waals surface area contributed by atoms with Crippen molar-refractivity contribution in [3.05, 3.63) is 71.4 Å². The van der Waals surface area contributed by atoms with Gasteiger partial charge in [-0.1, -0.05) is 51.1 Å². The van der Waals surface area contributed by atoms with E-state index in [0.29, 0.717) is 5.56 Å². The van der Waals surface area contributed by atoms with E-state index in [2.05, 4.69) is 78.7 Å². The van der Waals surface area contributed by atoms with E-state index in [1.807, 2.05) is 17.1 Å². The molecule has 4 rings (SSSR count). The minimum absolute atomic E-state index is 0.0253. The Labute approximate surface area is 179 Å². The van der Waals surface area contributed by atoms with Crippen LogP contribution in [0.1, 0.15) is 42.3 Å².